The summed E-state index contributed by atoms with van der Waals surface area (Å²) >= 11 is 0. The molecule has 1 aromatic heterocycles. The maximum Gasteiger partial charge on any atom is 0.277 e. The first-order valence-corrected chi connectivity index (χ1v) is 8.50. The highest BCUT2D eigenvalue weighted by molar-refractivity contribution is 5.86. The van der Waals surface area contributed by atoms with Crippen molar-refractivity contribution in [3.8, 4) is 23.0 Å². The third kappa shape index (κ3) is 3.66. The predicted molar refractivity (Wildman–Crippen MR) is 102 cm³/mol. The molecule has 3 aromatic rings. The van der Waals surface area contributed by atoms with Gasteiger partial charge in [0.05, 0.1) is 13.3 Å². The summed E-state index contributed by atoms with van der Waals surface area (Å²) < 4.78 is 21.5. The van der Waals surface area contributed by atoms with Gasteiger partial charge in [0.1, 0.15) is 11.3 Å². The summed E-state index contributed by atoms with van der Waals surface area (Å²) in [5, 5.41) is 4.88. The van der Waals surface area contributed by atoms with Gasteiger partial charge in [0.2, 0.25) is 12.5 Å². The van der Waals surface area contributed by atoms with Crippen LogP contribution in [0.1, 0.15) is 5.56 Å². The number of hydrogen-bond donors (Lipinski definition) is 1. The van der Waals surface area contributed by atoms with Crippen LogP contribution in [0, 0.1) is 0 Å². The van der Waals surface area contributed by atoms with Crippen LogP contribution in [0.25, 0.3) is 10.9 Å². The van der Waals surface area contributed by atoms with Crippen LogP contribution in [-0.4, -0.2) is 37.6 Å². The predicted octanol–water partition coefficient (Wildman–Crippen LogP) is 2.50. The zero-order chi connectivity index (χ0) is 19.3. The largest absolute Gasteiger partial charge is 0.493 e. The number of hydrogen-bond acceptors (Lipinski definition) is 7. The summed E-state index contributed by atoms with van der Waals surface area (Å²) in [6, 6.07) is 12.8. The summed E-state index contributed by atoms with van der Waals surface area (Å²) in [4.78, 5) is 16.3. The molecule has 0 bridgehead atoms. The molecule has 0 radical (unpaired) electrons. The maximum atomic E-state index is 12.0. The second-order valence-electron chi connectivity index (χ2n) is 5.87. The van der Waals surface area contributed by atoms with Crippen LogP contribution in [0.5, 0.6) is 23.0 Å². The van der Waals surface area contributed by atoms with Crippen LogP contribution in [0.4, 0.5) is 0 Å². The van der Waals surface area contributed by atoms with Gasteiger partial charge in [0.15, 0.2) is 18.1 Å². The number of carbonyl (C=O) groups is 1. The second-order valence-corrected chi connectivity index (χ2v) is 5.87. The SMILES string of the molecule is COc1cc(/C=N/NC(=O)COc2cccc3cccnc23)cc2c1OCO2. The molecule has 1 N–H and O–H groups in total. The van der Waals surface area contributed by atoms with Crippen molar-refractivity contribution in [2.45, 2.75) is 0 Å². The molecule has 0 fully saturated rings. The minimum absolute atomic E-state index is 0.142. The van der Waals surface area contributed by atoms with Gasteiger partial charge < -0.3 is 18.9 Å². The molecule has 0 unspecified atom stereocenters. The van der Waals surface area contributed by atoms with Crippen LogP contribution in [-0.2, 0) is 4.79 Å². The zero-order valence-electron chi connectivity index (χ0n) is 15.0. The number of ether oxygens (including phenoxy) is 4. The lowest BCUT2D eigenvalue weighted by Crippen LogP contribution is -2.24. The summed E-state index contributed by atoms with van der Waals surface area (Å²) in [6.45, 7) is -0.0408. The van der Waals surface area contributed by atoms with Gasteiger partial charge in [0, 0.05) is 17.1 Å². The lowest BCUT2D eigenvalue weighted by molar-refractivity contribution is -0.123. The Morgan fingerprint density at radius 3 is 3.04 bits per heavy atom. The molecular formula is C20H17N3O5. The van der Waals surface area contributed by atoms with Crippen molar-refractivity contribution < 1.29 is 23.7 Å². The monoisotopic (exact) mass is 379 g/mol. The molecule has 0 saturated carbocycles. The number of nitrogens with one attached hydrogen (secondary N) is 1. The quantitative estimate of drug-likeness (QED) is 0.523. The molecular weight excluding hydrogens is 362 g/mol. The molecule has 0 saturated heterocycles. The van der Waals surface area contributed by atoms with Gasteiger partial charge in [-0.1, -0.05) is 18.2 Å². The third-order valence-corrected chi connectivity index (χ3v) is 4.04. The molecule has 28 heavy (non-hydrogen) atoms. The van der Waals surface area contributed by atoms with E-state index < -0.39 is 5.91 Å². The van der Waals surface area contributed by atoms with Crippen molar-refractivity contribution in [2.75, 3.05) is 20.5 Å². The average molecular weight is 379 g/mol. The summed E-state index contributed by atoms with van der Waals surface area (Å²) in [5.74, 6) is 1.81. The number of benzene rings is 2. The molecule has 0 atom stereocenters. The fraction of sp³-hybridized carbons (Fsp3) is 0.150. The molecule has 1 amide bonds. The van der Waals surface area contributed by atoms with Crippen molar-refractivity contribution >= 4 is 23.0 Å². The Balaban J connectivity index is 1.37. The third-order valence-electron chi connectivity index (χ3n) is 4.04. The summed E-state index contributed by atoms with van der Waals surface area (Å²) in [6.07, 6.45) is 3.17. The fourth-order valence-corrected chi connectivity index (χ4v) is 2.77. The normalized spacial score (nSPS) is 12.3. The van der Waals surface area contributed by atoms with E-state index in [0.717, 1.165) is 5.39 Å². The Morgan fingerprint density at radius 2 is 2.14 bits per heavy atom. The minimum atomic E-state index is -0.392. The standard InChI is InChI=1S/C20H17N3O5/c1-25-16-8-13(9-17-20(16)28-12-27-17)10-22-23-18(24)11-26-15-6-2-4-14-5-3-7-21-19(14)15/h2-10H,11-12H2,1H3,(H,23,24)/b22-10+. The Morgan fingerprint density at radius 1 is 1.25 bits per heavy atom. The molecule has 0 aliphatic carbocycles. The Kier molecular flexibility index (Phi) is 4.92. The lowest BCUT2D eigenvalue weighted by atomic mass is 10.2. The smallest absolute Gasteiger partial charge is 0.277 e. The van der Waals surface area contributed by atoms with Crippen molar-refractivity contribution in [3.05, 3.63) is 54.2 Å². The Hall–Kier alpha value is -3.81. The first-order chi connectivity index (χ1) is 13.7. The first kappa shape index (κ1) is 17.6. The van der Waals surface area contributed by atoms with Gasteiger partial charge in [-0.15, -0.1) is 0 Å². The highest BCUT2D eigenvalue weighted by atomic mass is 16.7. The number of methoxy groups -OCH3 is 1. The number of hydrazone groups is 1. The average Bonchev–Trinajstić information content (AvgIpc) is 3.20. The number of nitrogens with zero attached hydrogens (tertiary/aromatic N) is 2. The van der Waals surface area contributed by atoms with Crippen molar-refractivity contribution in [1.29, 1.82) is 0 Å². The van der Waals surface area contributed by atoms with Gasteiger partial charge in [-0.3, -0.25) is 9.78 Å². The molecule has 0 spiro atoms. The van der Waals surface area contributed by atoms with E-state index in [2.05, 4.69) is 15.5 Å². The van der Waals surface area contributed by atoms with Gasteiger partial charge >= 0.3 is 0 Å². The topological polar surface area (TPSA) is 91.3 Å². The highest BCUT2D eigenvalue weighted by Gasteiger charge is 2.19. The highest BCUT2D eigenvalue weighted by Crippen LogP contribution is 2.41. The van der Waals surface area contributed by atoms with Crippen LogP contribution in [0.3, 0.4) is 0 Å². The number of rotatable bonds is 6. The van der Waals surface area contributed by atoms with Gasteiger partial charge in [-0.25, -0.2) is 5.43 Å². The van der Waals surface area contributed by atoms with Crippen LogP contribution < -0.4 is 24.4 Å². The van der Waals surface area contributed by atoms with Gasteiger partial charge in [-0.05, 0) is 24.3 Å². The number of pyridine rings is 1. The van der Waals surface area contributed by atoms with Crippen LogP contribution >= 0.6 is 0 Å². The van der Waals surface area contributed by atoms with Crippen LogP contribution in [0.2, 0.25) is 0 Å². The molecule has 4 rings (SSSR count). The minimum Gasteiger partial charge on any atom is -0.493 e. The number of aromatic nitrogens is 1. The fourth-order valence-electron chi connectivity index (χ4n) is 2.77. The van der Waals surface area contributed by atoms with E-state index in [1.165, 1.54) is 6.21 Å². The van der Waals surface area contributed by atoms with Gasteiger partial charge in [0.25, 0.3) is 5.91 Å². The lowest BCUT2D eigenvalue weighted by Gasteiger charge is -2.07. The molecule has 2 heterocycles. The van der Waals surface area contributed by atoms with E-state index in [1.54, 1.807) is 31.5 Å². The molecule has 2 aromatic carbocycles. The van der Waals surface area contributed by atoms with Gasteiger partial charge in [-0.2, -0.15) is 5.10 Å². The van der Waals surface area contributed by atoms with Crippen molar-refractivity contribution in [1.82, 2.24) is 10.4 Å². The Bertz CT molecular complexity index is 1050. The van der Waals surface area contributed by atoms with E-state index >= 15 is 0 Å². The van der Waals surface area contributed by atoms with E-state index in [1.807, 2.05) is 24.3 Å². The molecule has 142 valence electrons. The van der Waals surface area contributed by atoms with Crippen molar-refractivity contribution in [3.63, 3.8) is 0 Å². The second kappa shape index (κ2) is 7.83. The molecule has 8 nitrogen and oxygen atoms in total. The zero-order valence-corrected chi connectivity index (χ0v) is 15.0. The van der Waals surface area contributed by atoms with E-state index in [-0.39, 0.29) is 13.4 Å². The number of para-hydroxylation sites is 1. The van der Waals surface area contributed by atoms with Crippen molar-refractivity contribution in [2.24, 2.45) is 5.10 Å². The Labute approximate surface area is 160 Å². The molecule has 1 aliphatic rings. The summed E-state index contributed by atoms with van der Waals surface area (Å²) in [7, 11) is 1.54. The van der Waals surface area contributed by atoms with Crippen LogP contribution in [0.15, 0.2) is 53.8 Å². The van der Waals surface area contributed by atoms with E-state index in [0.29, 0.717) is 34.1 Å². The first-order valence-electron chi connectivity index (χ1n) is 8.50. The van der Waals surface area contributed by atoms with E-state index in [4.69, 9.17) is 18.9 Å². The number of carbonyl (C=O) groups excluding carboxylic acids is 1. The number of fused-ring (bicyclic) bond motifs is 2. The van der Waals surface area contributed by atoms with E-state index in [9.17, 15) is 4.79 Å². The molecule has 1 aliphatic heterocycles. The molecule has 8 heteroatoms. The summed E-state index contributed by atoms with van der Waals surface area (Å²) in [5.41, 5.74) is 3.82. The maximum absolute atomic E-state index is 12.0. The number of amides is 1.